The third-order valence-corrected chi connectivity index (χ3v) is 5.44. The Morgan fingerprint density at radius 2 is 0.933 bits per heavy atom. The van der Waals surface area contributed by atoms with Gasteiger partial charge in [0.05, 0.1) is 0 Å². The van der Waals surface area contributed by atoms with Crippen LogP contribution in [0, 0.1) is 17.2 Å². The van der Waals surface area contributed by atoms with Gasteiger partial charge in [-0.2, -0.15) is 0 Å². The zero-order chi connectivity index (χ0) is 21.6. The summed E-state index contributed by atoms with van der Waals surface area (Å²) in [5.74, 6) is 0. The normalized spacial score (nSPS) is 10.8. The molecule has 0 N–H and O–H groups in total. The van der Waals surface area contributed by atoms with Crippen LogP contribution in [0.1, 0.15) is 5.56 Å². The van der Waals surface area contributed by atoms with Crippen LogP contribution >= 0.6 is 11.3 Å². The van der Waals surface area contributed by atoms with E-state index in [2.05, 4.69) is 104 Å². The topological polar surface area (TPSA) is 92.2 Å². The van der Waals surface area contributed by atoms with Gasteiger partial charge >= 0.3 is 0 Å². The first-order valence-corrected chi connectivity index (χ1v) is 11.1. The standard InChI is InChI=1S/C24H19S.ClHO4/c1-18-12-14-21(15-13-18)24-17-22(19-8-4-2-5-9-19)16-23(25-24)20-10-6-3-7-11-20;2-1(3,4)5/h2-17H,1H3;(H,2,3,4,5)/q+1;/p-1. The Kier molecular flexibility index (Phi) is 7.29. The summed E-state index contributed by atoms with van der Waals surface area (Å²) in [5, 5.41) is 0. The molecule has 0 fully saturated rings. The molecule has 3 aromatic carbocycles. The minimum Gasteiger partial charge on any atom is -0.222 e. The highest BCUT2D eigenvalue weighted by Gasteiger charge is 2.19. The lowest BCUT2D eigenvalue weighted by atomic mass is 10.0. The van der Waals surface area contributed by atoms with E-state index in [1.807, 2.05) is 11.3 Å². The zero-order valence-corrected chi connectivity index (χ0v) is 17.7. The summed E-state index contributed by atoms with van der Waals surface area (Å²) in [7, 11) is -4.94. The molecule has 30 heavy (non-hydrogen) atoms. The van der Waals surface area contributed by atoms with E-state index in [9.17, 15) is 0 Å². The zero-order valence-electron chi connectivity index (χ0n) is 16.2. The third kappa shape index (κ3) is 6.71. The smallest absolute Gasteiger partial charge is 0.222 e. The molecule has 1 heterocycles. The van der Waals surface area contributed by atoms with Crippen LogP contribution in [0.5, 0.6) is 0 Å². The lowest BCUT2D eigenvalue weighted by Crippen LogP contribution is -2.68. The number of hydrogen-bond acceptors (Lipinski definition) is 4. The van der Waals surface area contributed by atoms with E-state index < -0.39 is 10.2 Å². The molecule has 0 spiro atoms. The molecule has 1 aromatic heterocycles. The molecule has 0 radical (unpaired) electrons. The predicted molar refractivity (Wildman–Crippen MR) is 110 cm³/mol. The van der Waals surface area contributed by atoms with E-state index in [0.717, 1.165) is 0 Å². The number of benzene rings is 3. The summed E-state index contributed by atoms with van der Waals surface area (Å²) in [6.07, 6.45) is 0. The molecule has 0 aliphatic rings. The minimum absolute atomic E-state index is 1.25. The first-order chi connectivity index (χ1) is 14.3. The van der Waals surface area contributed by atoms with Gasteiger partial charge in [-0.1, -0.05) is 66.2 Å². The molecule has 4 nitrogen and oxygen atoms in total. The minimum atomic E-state index is -4.94. The first kappa shape index (κ1) is 22.1. The fourth-order valence-electron chi connectivity index (χ4n) is 2.90. The van der Waals surface area contributed by atoms with Crippen LogP contribution in [0.15, 0.2) is 97.1 Å². The fraction of sp³-hybridized carbons (Fsp3) is 0.0417. The molecule has 4 rings (SSSR count). The SMILES string of the molecule is Cc1ccc(-c2cc(-c3ccccc3)cc(-c3ccccc3)[s+]2)cc1.[O-][Cl+3]([O-])([O-])[O-]. The van der Waals surface area contributed by atoms with Crippen LogP contribution in [-0.2, 0) is 0 Å². The average Bonchev–Trinajstić information content (AvgIpc) is 2.74. The van der Waals surface area contributed by atoms with Gasteiger partial charge in [0.1, 0.15) is 0 Å². The van der Waals surface area contributed by atoms with Crippen LogP contribution in [0.2, 0.25) is 0 Å². The number of hydrogen-bond donors (Lipinski definition) is 0. The second-order valence-corrected chi connectivity index (χ2v) is 8.39. The predicted octanol–water partition coefficient (Wildman–Crippen LogP) is 2.58. The van der Waals surface area contributed by atoms with Gasteiger partial charge in [-0.25, -0.2) is 18.6 Å². The second kappa shape index (κ2) is 9.91. The highest BCUT2D eigenvalue weighted by molar-refractivity contribution is 7.18. The van der Waals surface area contributed by atoms with E-state index in [1.165, 1.54) is 37.6 Å². The summed E-state index contributed by atoms with van der Waals surface area (Å²) in [5.41, 5.74) is 6.33. The van der Waals surface area contributed by atoms with Crippen LogP contribution in [0.4, 0.5) is 0 Å². The monoisotopic (exact) mass is 438 g/mol. The Bertz CT molecular complexity index is 1020. The van der Waals surface area contributed by atoms with Crippen LogP contribution in [-0.4, -0.2) is 0 Å². The van der Waals surface area contributed by atoms with Crippen molar-refractivity contribution in [2.75, 3.05) is 0 Å². The Hall–Kier alpha value is -2.64. The third-order valence-electron chi connectivity index (χ3n) is 4.29. The molecule has 0 saturated heterocycles. The van der Waals surface area contributed by atoms with Gasteiger partial charge in [0.2, 0.25) is 21.1 Å². The van der Waals surface area contributed by atoms with Gasteiger partial charge in [0, 0.05) is 23.3 Å². The molecule has 0 bridgehead atoms. The quantitative estimate of drug-likeness (QED) is 0.459. The first-order valence-electron chi connectivity index (χ1n) is 9.07. The van der Waals surface area contributed by atoms with Crippen molar-refractivity contribution in [2.45, 2.75) is 6.92 Å². The summed E-state index contributed by atoms with van der Waals surface area (Å²) in [6, 6.07) is 34.6. The van der Waals surface area contributed by atoms with Crippen molar-refractivity contribution in [2.24, 2.45) is 0 Å². The molecular weight excluding hydrogens is 420 g/mol. The summed E-state index contributed by atoms with van der Waals surface area (Å²) in [4.78, 5) is 2.58. The molecule has 0 unspecified atom stereocenters. The summed E-state index contributed by atoms with van der Waals surface area (Å²) in [6.45, 7) is 2.13. The Morgan fingerprint density at radius 3 is 1.40 bits per heavy atom. The van der Waals surface area contributed by atoms with Gasteiger partial charge < -0.3 is 0 Å². The van der Waals surface area contributed by atoms with Gasteiger partial charge in [0.25, 0.3) is 0 Å². The highest BCUT2D eigenvalue weighted by atomic mass is 35.7. The van der Waals surface area contributed by atoms with E-state index in [0.29, 0.717) is 0 Å². The largest absolute Gasteiger partial charge is 0.239 e. The molecule has 152 valence electrons. The molecule has 0 aliphatic carbocycles. The maximum Gasteiger partial charge on any atom is 0.239 e. The molecule has 0 amide bonds. The van der Waals surface area contributed by atoms with Gasteiger partial charge in [-0.3, -0.25) is 0 Å². The maximum atomic E-state index is 8.49. The molecule has 0 saturated carbocycles. The van der Waals surface area contributed by atoms with Crippen LogP contribution < -0.4 is 18.6 Å². The maximum absolute atomic E-state index is 8.49. The van der Waals surface area contributed by atoms with Crippen molar-refractivity contribution in [1.82, 2.24) is 0 Å². The Morgan fingerprint density at radius 1 is 0.533 bits per heavy atom. The van der Waals surface area contributed by atoms with Crippen LogP contribution in [0.25, 0.3) is 32.0 Å². The molecule has 4 aromatic rings. The molecule has 0 aliphatic heterocycles. The van der Waals surface area contributed by atoms with Gasteiger partial charge in [0.15, 0.2) is 0 Å². The number of rotatable bonds is 3. The summed E-state index contributed by atoms with van der Waals surface area (Å²) < 4.78 is 34.0. The van der Waals surface area contributed by atoms with E-state index in [-0.39, 0.29) is 0 Å². The molecular formula is C24H19ClO4S. The van der Waals surface area contributed by atoms with Crippen molar-refractivity contribution in [3.63, 3.8) is 0 Å². The molecule has 0 atom stereocenters. The highest BCUT2D eigenvalue weighted by Crippen LogP contribution is 2.37. The van der Waals surface area contributed by atoms with Crippen molar-refractivity contribution >= 4 is 11.3 Å². The van der Waals surface area contributed by atoms with Gasteiger partial charge in [-0.05, 0) is 42.3 Å². The average molecular weight is 439 g/mol. The second-order valence-electron chi connectivity index (χ2n) is 6.55. The Balaban J connectivity index is 0.000000461. The number of halogens is 1. The van der Waals surface area contributed by atoms with Crippen molar-refractivity contribution in [3.05, 3.63) is 103 Å². The van der Waals surface area contributed by atoms with E-state index >= 15 is 0 Å². The lowest BCUT2D eigenvalue weighted by Gasteiger charge is -2.17. The van der Waals surface area contributed by atoms with Crippen molar-refractivity contribution in [3.8, 4) is 32.0 Å². The lowest BCUT2D eigenvalue weighted by molar-refractivity contribution is -2.00. The van der Waals surface area contributed by atoms with Crippen LogP contribution in [0.3, 0.4) is 0 Å². The van der Waals surface area contributed by atoms with Gasteiger partial charge in [-0.15, -0.1) is 10.2 Å². The fourth-order valence-corrected chi connectivity index (χ4v) is 4.02. The Labute approximate surface area is 181 Å². The van der Waals surface area contributed by atoms with E-state index in [4.69, 9.17) is 18.6 Å². The number of aryl methyl sites for hydroxylation is 1. The van der Waals surface area contributed by atoms with Crippen molar-refractivity contribution in [1.29, 1.82) is 0 Å². The van der Waals surface area contributed by atoms with E-state index in [1.54, 1.807) is 0 Å². The van der Waals surface area contributed by atoms with Crippen molar-refractivity contribution < 1.29 is 28.9 Å². The molecule has 6 heteroatoms. The summed E-state index contributed by atoms with van der Waals surface area (Å²) >= 11 is 1.84.